The molecule has 0 fully saturated rings. The Hall–Kier alpha value is -2.03. The maximum atomic E-state index is 10.8. The van der Waals surface area contributed by atoms with Crippen molar-refractivity contribution in [2.75, 3.05) is 5.32 Å². The topological polar surface area (TPSA) is 38.3 Å². The van der Waals surface area contributed by atoms with E-state index in [1.54, 1.807) is 0 Å². The van der Waals surface area contributed by atoms with Crippen LogP contribution in [0.1, 0.15) is 0 Å². The monoisotopic (exact) mass is 189 g/mol. The van der Waals surface area contributed by atoms with Crippen molar-refractivity contribution >= 4 is 11.7 Å². The van der Waals surface area contributed by atoms with Crippen LogP contribution in [0.15, 0.2) is 55.4 Å². The van der Waals surface area contributed by atoms with Crippen LogP contribution >= 0.6 is 0 Å². The summed E-state index contributed by atoms with van der Waals surface area (Å²) in [6.07, 6.45) is 3.89. The Morgan fingerprint density at radius 1 is 1.36 bits per heavy atom. The third kappa shape index (κ3) is 3.58. The zero-order chi connectivity index (χ0) is 10.2. The summed E-state index contributed by atoms with van der Waals surface area (Å²) < 4.78 is 4.48. The first-order valence-electron chi connectivity index (χ1n) is 4.12. The van der Waals surface area contributed by atoms with E-state index in [-0.39, 0.29) is 0 Å². The highest BCUT2D eigenvalue weighted by molar-refractivity contribution is 5.82. The summed E-state index contributed by atoms with van der Waals surface area (Å²) in [6.45, 7) is 3.27. The molecule has 0 amide bonds. The molecule has 0 aromatic heterocycles. The number of hydrogen-bond donors (Lipinski definition) is 1. The highest BCUT2D eigenvalue weighted by atomic mass is 16.5. The lowest BCUT2D eigenvalue weighted by molar-refractivity contribution is -0.132. The summed E-state index contributed by atoms with van der Waals surface area (Å²) in [4.78, 5) is 10.8. The number of ether oxygens (including phenoxy) is 1. The van der Waals surface area contributed by atoms with Gasteiger partial charge >= 0.3 is 5.97 Å². The quantitative estimate of drug-likeness (QED) is 0.448. The van der Waals surface area contributed by atoms with E-state index in [9.17, 15) is 4.79 Å². The first kappa shape index (κ1) is 10.1. The van der Waals surface area contributed by atoms with Crippen LogP contribution < -0.4 is 5.32 Å². The van der Waals surface area contributed by atoms with Crippen molar-refractivity contribution in [3.8, 4) is 0 Å². The van der Waals surface area contributed by atoms with Gasteiger partial charge in [-0.1, -0.05) is 24.8 Å². The first-order valence-corrected chi connectivity index (χ1v) is 4.12. The van der Waals surface area contributed by atoms with Crippen molar-refractivity contribution in [1.82, 2.24) is 0 Å². The predicted molar refractivity (Wildman–Crippen MR) is 55.5 cm³/mol. The minimum atomic E-state index is -0.455. The number of hydrogen-bond acceptors (Lipinski definition) is 3. The molecular weight excluding hydrogens is 178 g/mol. The van der Waals surface area contributed by atoms with Crippen LogP contribution in [-0.2, 0) is 9.53 Å². The summed E-state index contributed by atoms with van der Waals surface area (Å²) in [6, 6.07) is 9.50. The molecule has 0 aliphatic heterocycles. The van der Waals surface area contributed by atoms with Crippen LogP contribution in [0.4, 0.5) is 5.69 Å². The van der Waals surface area contributed by atoms with Gasteiger partial charge in [0.15, 0.2) is 0 Å². The number of para-hydroxylation sites is 1. The molecule has 0 saturated heterocycles. The number of esters is 1. The van der Waals surface area contributed by atoms with E-state index in [2.05, 4.69) is 16.6 Å². The van der Waals surface area contributed by atoms with Gasteiger partial charge < -0.3 is 10.1 Å². The molecule has 0 atom stereocenters. The second-order valence-electron chi connectivity index (χ2n) is 2.45. The Kier molecular flexibility index (Phi) is 4.01. The summed E-state index contributed by atoms with van der Waals surface area (Å²) in [5.41, 5.74) is 0.912. The summed E-state index contributed by atoms with van der Waals surface area (Å²) in [5, 5.41) is 2.92. The van der Waals surface area contributed by atoms with E-state index >= 15 is 0 Å². The van der Waals surface area contributed by atoms with Crippen molar-refractivity contribution in [3.05, 3.63) is 55.4 Å². The van der Waals surface area contributed by atoms with Crippen molar-refractivity contribution in [1.29, 1.82) is 0 Å². The second kappa shape index (κ2) is 5.59. The third-order valence-electron chi connectivity index (χ3n) is 1.44. The highest BCUT2D eigenvalue weighted by Gasteiger charge is 1.90. The van der Waals surface area contributed by atoms with Gasteiger partial charge in [-0.25, -0.2) is 4.79 Å². The molecule has 3 nitrogen and oxygen atoms in total. The number of carbonyl (C=O) groups is 1. The van der Waals surface area contributed by atoms with Crippen LogP contribution in [0.5, 0.6) is 0 Å². The number of rotatable bonds is 4. The molecule has 0 aliphatic carbocycles. The molecule has 0 saturated carbocycles. The maximum absolute atomic E-state index is 10.8. The van der Waals surface area contributed by atoms with Crippen molar-refractivity contribution in [2.24, 2.45) is 0 Å². The first-order chi connectivity index (χ1) is 6.83. The van der Waals surface area contributed by atoms with E-state index < -0.39 is 5.97 Å². The SMILES string of the molecule is C=COC(=O)C=CNc1ccccc1. The molecule has 0 unspecified atom stereocenters. The van der Waals surface area contributed by atoms with Crippen LogP contribution in [0.25, 0.3) is 0 Å². The normalized spacial score (nSPS) is 9.71. The van der Waals surface area contributed by atoms with Crippen LogP contribution in [-0.4, -0.2) is 5.97 Å². The zero-order valence-electron chi connectivity index (χ0n) is 7.64. The fourth-order valence-corrected chi connectivity index (χ4v) is 0.862. The standard InChI is InChI=1S/C11H11NO2/c1-2-14-11(13)8-9-12-10-6-4-3-5-7-10/h2-9,12H,1H2. The zero-order valence-corrected chi connectivity index (χ0v) is 7.64. The molecule has 0 radical (unpaired) electrons. The lowest BCUT2D eigenvalue weighted by Gasteiger charge is -1.98. The number of benzene rings is 1. The Morgan fingerprint density at radius 2 is 2.07 bits per heavy atom. The summed E-state index contributed by atoms with van der Waals surface area (Å²) in [5.74, 6) is -0.455. The molecule has 72 valence electrons. The average molecular weight is 189 g/mol. The smallest absolute Gasteiger partial charge is 0.337 e. The number of carbonyl (C=O) groups excluding carboxylic acids is 1. The van der Waals surface area contributed by atoms with Crippen molar-refractivity contribution in [2.45, 2.75) is 0 Å². The van der Waals surface area contributed by atoms with Gasteiger partial charge in [0.1, 0.15) is 0 Å². The molecule has 0 heterocycles. The van der Waals surface area contributed by atoms with Gasteiger partial charge in [-0.15, -0.1) is 0 Å². The molecule has 1 rings (SSSR count). The van der Waals surface area contributed by atoms with Gasteiger partial charge in [0, 0.05) is 18.0 Å². The van der Waals surface area contributed by atoms with Crippen LogP contribution in [0, 0.1) is 0 Å². The lowest BCUT2D eigenvalue weighted by Crippen LogP contribution is -1.95. The predicted octanol–water partition coefficient (Wildman–Crippen LogP) is 2.30. The Bertz CT molecular complexity index is 330. The summed E-state index contributed by atoms with van der Waals surface area (Å²) >= 11 is 0. The van der Waals surface area contributed by atoms with Gasteiger partial charge in [-0.2, -0.15) is 0 Å². The number of anilines is 1. The van der Waals surface area contributed by atoms with Crippen LogP contribution in [0.3, 0.4) is 0 Å². The maximum Gasteiger partial charge on any atom is 0.337 e. The second-order valence-corrected chi connectivity index (χ2v) is 2.45. The van der Waals surface area contributed by atoms with E-state index in [0.717, 1.165) is 11.9 Å². The third-order valence-corrected chi connectivity index (χ3v) is 1.44. The van der Waals surface area contributed by atoms with Gasteiger partial charge in [0.25, 0.3) is 0 Å². The lowest BCUT2D eigenvalue weighted by atomic mass is 10.3. The van der Waals surface area contributed by atoms with E-state index in [1.165, 1.54) is 12.3 Å². The molecule has 1 aromatic carbocycles. The van der Waals surface area contributed by atoms with Gasteiger partial charge in [0.2, 0.25) is 0 Å². The average Bonchev–Trinajstić information content (AvgIpc) is 2.20. The Balaban J connectivity index is 2.41. The van der Waals surface area contributed by atoms with Crippen LogP contribution in [0.2, 0.25) is 0 Å². The minimum Gasteiger partial charge on any atom is -0.432 e. The Labute approximate surface area is 82.7 Å². The number of nitrogens with one attached hydrogen (secondary N) is 1. The van der Waals surface area contributed by atoms with Gasteiger partial charge in [-0.05, 0) is 12.1 Å². The molecule has 1 N–H and O–H groups in total. The minimum absolute atomic E-state index is 0.455. The van der Waals surface area contributed by atoms with Gasteiger partial charge in [-0.3, -0.25) is 0 Å². The highest BCUT2D eigenvalue weighted by Crippen LogP contribution is 2.04. The van der Waals surface area contributed by atoms with Gasteiger partial charge in [0.05, 0.1) is 6.26 Å². The Morgan fingerprint density at radius 3 is 2.71 bits per heavy atom. The molecular formula is C11H11NO2. The molecule has 14 heavy (non-hydrogen) atoms. The van der Waals surface area contributed by atoms with E-state index in [0.29, 0.717) is 0 Å². The molecule has 0 spiro atoms. The van der Waals surface area contributed by atoms with E-state index in [1.807, 2.05) is 30.3 Å². The fourth-order valence-electron chi connectivity index (χ4n) is 0.862. The molecule has 0 bridgehead atoms. The summed E-state index contributed by atoms with van der Waals surface area (Å²) in [7, 11) is 0. The molecule has 1 aromatic rings. The molecule has 0 aliphatic rings. The van der Waals surface area contributed by atoms with E-state index in [4.69, 9.17) is 0 Å². The largest absolute Gasteiger partial charge is 0.432 e. The fraction of sp³-hybridized carbons (Fsp3) is 0. The van der Waals surface area contributed by atoms with Crippen molar-refractivity contribution < 1.29 is 9.53 Å². The van der Waals surface area contributed by atoms with Crippen molar-refractivity contribution in [3.63, 3.8) is 0 Å². The molecule has 3 heteroatoms.